The summed E-state index contributed by atoms with van der Waals surface area (Å²) in [5.41, 5.74) is 1.25. The van der Waals surface area contributed by atoms with Gasteiger partial charge in [-0.2, -0.15) is 0 Å². The molecule has 0 radical (unpaired) electrons. The van der Waals surface area contributed by atoms with E-state index < -0.39 is 18.0 Å². The molecule has 0 bridgehead atoms. The van der Waals surface area contributed by atoms with Crippen molar-refractivity contribution < 1.29 is 15.0 Å². The van der Waals surface area contributed by atoms with E-state index in [1.807, 2.05) is 31.2 Å². The number of aliphatic hydroxyl groups is 1. The van der Waals surface area contributed by atoms with E-state index in [1.165, 1.54) is 0 Å². The maximum Gasteiger partial charge on any atom is 0.309 e. The highest BCUT2D eigenvalue weighted by atomic mass is 16.4. The highest BCUT2D eigenvalue weighted by molar-refractivity contribution is 5.82. The number of hydrogen-bond donors (Lipinski definition) is 2. The Balaban J connectivity index is 2.45. The van der Waals surface area contributed by atoms with Crippen LogP contribution in [-0.4, -0.2) is 21.2 Å². The van der Waals surface area contributed by atoms with Gasteiger partial charge in [0.1, 0.15) is 0 Å². The van der Waals surface area contributed by atoms with Crippen LogP contribution in [0.5, 0.6) is 0 Å². The maximum atomic E-state index is 11.3. The molecule has 2 aromatic rings. The Morgan fingerprint density at radius 2 is 2.05 bits per heavy atom. The number of carboxylic acid groups (broad SMARTS) is 1. The van der Waals surface area contributed by atoms with Crippen molar-refractivity contribution in [3.63, 3.8) is 0 Å². The molecule has 0 aliphatic heterocycles. The molecule has 2 unspecified atom stereocenters. The lowest BCUT2D eigenvalue weighted by atomic mass is 9.90. The molecule has 2 rings (SSSR count). The number of para-hydroxylation sites is 1. The second-order valence-electron chi connectivity index (χ2n) is 4.60. The number of fused-ring (bicyclic) bond motifs is 1. The molecule has 0 amide bonds. The van der Waals surface area contributed by atoms with Crippen molar-refractivity contribution in [1.29, 1.82) is 0 Å². The molecule has 0 aliphatic carbocycles. The third-order valence-corrected chi connectivity index (χ3v) is 3.28. The number of hydrogen-bond acceptors (Lipinski definition) is 3. The molecule has 0 spiro atoms. The fourth-order valence-corrected chi connectivity index (χ4v) is 2.31. The van der Waals surface area contributed by atoms with Crippen LogP contribution in [0.2, 0.25) is 0 Å². The van der Waals surface area contributed by atoms with E-state index in [2.05, 4.69) is 4.98 Å². The summed E-state index contributed by atoms with van der Waals surface area (Å²) in [6.45, 7) is 1.91. The Morgan fingerprint density at radius 3 is 2.74 bits per heavy atom. The topological polar surface area (TPSA) is 70.4 Å². The zero-order valence-electron chi connectivity index (χ0n) is 10.8. The minimum atomic E-state index is -1.03. The molecule has 2 atom stereocenters. The minimum Gasteiger partial charge on any atom is -0.481 e. The number of aliphatic hydroxyl groups excluding tert-OH is 1. The van der Waals surface area contributed by atoms with E-state index in [9.17, 15) is 15.0 Å². The first-order valence-electron chi connectivity index (χ1n) is 6.39. The number of carbonyl (C=O) groups is 1. The van der Waals surface area contributed by atoms with Gasteiger partial charge in [-0.05, 0) is 12.5 Å². The second-order valence-corrected chi connectivity index (χ2v) is 4.60. The van der Waals surface area contributed by atoms with Gasteiger partial charge < -0.3 is 10.2 Å². The SMILES string of the molecule is CCCC(C(=O)O)C(O)c1cccc2cccnc12. The lowest BCUT2D eigenvalue weighted by Gasteiger charge is -2.19. The Bertz CT molecular complexity index is 577. The van der Waals surface area contributed by atoms with Gasteiger partial charge in [-0.3, -0.25) is 9.78 Å². The van der Waals surface area contributed by atoms with Crippen molar-refractivity contribution in [3.8, 4) is 0 Å². The summed E-state index contributed by atoms with van der Waals surface area (Å²) in [5, 5.41) is 20.5. The first-order valence-corrected chi connectivity index (χ1v) is 6.39. The predicted octanol–water partition coefficient (Wildman–Crippen LogP) is 2.77. The summed E-state index contributed by atoms with van der Waals surface area (Å²) in [7, 11) is 0. The molecule has 0 aliphatic rings. The Hall–Kier alpha value is -1.94. The number of aromatic nitrogens is 1. The van der Waals surface area contributed by atoms with Crippen LogP contribution in [0.4, 0.5) is 0 Å². The lowest BCUT2D eigenvalue weighted by Crippen LogP contribution is -2.22. The highest BCUT2D eigenvalue weighted by Gasteiger charge is 2.28. The Kier molecular flexibility index (Phi) is 4.12. The van der Waals surface area contributed by atoms with E-state index in [0.717, 1.165) is 5.39 Å². The first kappa shape index (κ1) is 13.5. The molecule has 0 fully saturated rings. The van der Waals surface area contributed by atoms with Gasteiger partial charge in [0, 0.05) is 17.1 Å². The van der Waals surface area contributed by atoms with E-state index in [0.29, 0.717) is 23.9 Å². The van der Waals surface area contributed by atoms with E-state index in [1.54, 1.807) is 12.3 Å². The Morgan fingerprint density at radius 1 is 1.32 bits per heavy atom. The van der Waals surface area contributed by atoms with Crippen LogP contribution in [0.25, 0.3) is 10.9 Å². The fraction of sp³-hybridized carbons (Fsp3) is 0.333. The molecule has 1 aromatic heterocycles. The lowest BCUT2D eigenvalue weighted by molar-refractivity contribution is -0.146. The van der Waals surface area contributed by atoms with Crippen LogP contribution in [0.15, 0.2) is 36.5 Å². The van der Waals surface area contributed by atoms with Gasteiger partial charge >= 0.3 is 5.97 Å². The second kappa shape index (κ2) is 5.80. The molecule has 19 heavy (non-hydrogen) atoms. The van der Waals surface area contributed by atoms with Gasteiger partial charge in [-0.15, -0.1) is 0 Å². The van der Waals surface area contributed by atoms with Gasteiger partial charge in [-0.1, -0.05) is 37.6 Å². The van der Waals surface area contributed by atoms with Crippen LogP contribution in [0.1, 0.15) is 31.4 Å². The van der Waals surface area contributed by atoms with Crippen molar-refractivity contribution >= 4 is 16.9 Å². The van der Waals surface area contributed by atoms with E-state index in [-0.39, 0.29) is 0 Å². The van der Waals surface area contributed by atoms with Gasteiger partial charge in [0.05, 0.1) is 17.5 Å². The first-order chi connectivity index (χ1) is 9.15. The minimum absolute atomic E-state index is 0.444. The smallest absolute Gasteiger partial charge is 0.309 e. The van der Waals surface area contributed by atoms with Gasteiger partial charge in [0.15, 0.2) is 0 Å². The van der Waals surface area contributed by atoms with Crippen molar-refractivity contribution in [2.24, 2.45) is 5.92 Å². The summed E-state index contributed by atoms with van der Waals surface area (Å²) < 4.78 is 0. The van der Waals surface area contributed by atoms with E-state index in [4.69, 9.17) is 0 Å². The molecular weight excluding hydrogens is 242 g/mol. The van der Waals surface area contributed by atoms with Crippen LogP contribution in [0, 0.1) is 5.92 Å². The van der Waals surface area contributed by atoms with Crippen molar-refractivity contribution in [2.75, 3.05) is 0 Å². The molecule has 0 saturated carbocycles. The average Bonchev–Trinajstić information content (AvgIpc) is 2.43. The van der Waals surface area contributed by atoms with Crippen LogP contribution in [-0.2, 0) is 4.79 Å². The summed E-state index contributed by atoms with van der Waals surface area (Å²) in [6.07, 6.45) is 1.77. The molecule has 100 valence electrons. The number of benzene rings is 1. The van der Waals surface area contributed by atoms with E-state index >= 15 is 0 Å². The molecule has 2 N–H and O–H groups in total. The van der Waals surface area contributed by atoms with Crippen molar-refractivity contribution in [1.82, 2.24) is 4.98 Å². The molecule has 4 heteroatoms. The van der Waals surface area contributed by atoms with Crippen molar-refractivity contribution in [3.05, 3.63) is 42.1 Å². The predicted molar refractivity (Wildman–Crippen MR) is 72.7 cm³/mol. The highest BCUT2D eigenvalue weighted by Crippen LogP contribution is 2.30. The summed E-state index contributed by atoms with van der Waals surface area (Å²) in [4.78, 5) is 15.5. The number of carboxylic acids is 1. The van der Waals surface area contributed by atoms with Gasteiger partial charge in [-0.25, -0.2) is 0 Å². The monoisotopic (exact) mass is 259 g/mol. The normalized spacial score (nSPS) is 14.2. The van der Waals surface area contributed by atoms with Crippen LogP contribution >= 0.6 is 0 Å². The fourth-order valence-electron chi connectivity index (χ4n) is 2.31. The number of nitrogens with zero attached hydrogens (tertiary/aromatic N) is 1. The average molecular weight is 259 g/mol. The molecule has 1 heterocycles. The number of aliphatic carboxylic acids is 1. The summed E-state index contributed by atoms with van der Waals surface area (Å²) >= 11 is 0. The number of rotatable bonds is 5. The summed E-state index contributed by atoms with van der Waals surface area (Å²) in [5.74, 6) is -1.76. The molecule has 1 aromatic carbocycles. The standard InChI is InChI=1S/C15H17NO3/c1-2-5-12(15(18)19)14(17)11-8-3-6-10-7-4-9-16-13(10)11/h3-4,6-9,12,14,17H,2,5H2,1H3,(H,18,19). The third kappa shape index (κ3) is 2.74. The largest absolute Gasteiger partial charge is 0.481 e. The summed E-state index contributed by atoms with van der Waals surface area (Å²) in [6, 6.07) is 9.17. The zero-order chi connectivity index (χ0) is 13.8. The Labute approximate surface area is 111 Å². The van der Waals surface area contributed by atoms with Crippen LogP contribution in [0.3, 0.4) is 0 Å². The van der Waals surface area contributed by atoms with Crippen LogP contribution < -0.4 is 0 Å². The molecule has 4 nitrogen and oxygen atoms in total. The third-order valence-electron chi connectivity index (χ3n) is 3.28. The number of pyridine rings is 1. The van der Waals surface area contributed by atoms with Crippen molar-refractivity contribution in [2.45, 2.75) is 25.9 Å². The van der Waals surface area contributed by atoms with Gasteiger partial charge in [0.2, 0.25) is 0 Å². The molecular formula is C15H17NO3. The zero-order valence-corrected chi connectivity index (χ0v) is 10.8. The quantitative estimate of drug-likeness (QED) is 0.866. The maximum absolute atomic E-state index is 11.3. The molecule has 0 saturated heterocycles. The van der Waals surface area contributed by atoms with Gasteiger partial charge in [0.25, 0.3) is 0 Å².